The Kier molecular flexibility index (Phi) is 7.92. The number of aromatic amines is 1. The van der Waals surface area contributed by atoms with Gasteiger partial charge in [0.05, 0.1) is 28.7 Å². The van der Waals surface area contributed by atoms with E-state index < -0.39 is 4.92 Å². The number of aryl methyl sites for hydroxylation is 1. The smallest absolute Gasteiger partial charge is 0.277 e. The summed E-state index contributed by atoms with van der Waals surface area (Å²) >= 11 is 0. The molecule has 10 heteroatoms. The van der Waals surface area contributed by atoms with Crippen LogP contribution in [0.15, 0.2) is 42.5 Å². The number of anilines is 1. The van der Waals surface area contributed by atoms with Crippen LogP contribution in [-0.4, -0.2) is 59.9 Å². The zero-order valence-corrected chi connectivity index (χ0v) is 21.9. The average Bonchev–Trinajstić information content (AvgIpc) is 3.41. The summed E-state index contributed by atoms with van der Waals surface area (Å²) < 4.78 is 5.33. The molecule has 0 saturated heterocycles. The molecule has 2 amide bonds. The molecule has 0 unspecified atom stereocenters. The number of ether oxygens (including phenoxy) is 1. The average molecular weight is 518 g/mol. The Bertz CT molecular complexity index is 1420. The van der Waals surface area contributed by atoms with Gasteiger partial charge in [0.1, 0.15) is 5.75 Å². The molecule has 0 radical (unpaired) electrons. The number of para-hydroxylation sites is 1. The van der Waals surface area contributed by atoms with Crippen molar-refractivity contribution in [1.29, 1.82) is 0 Å². The van der Waals surface area contributed by atoms with Gasteiger partial charge in [-0.25, -0.2) is 0 Å². The second kappa shape index (κ2) is 11.3. The minimum atomic E-state index is -0.473. The Morgan fingerprint density at radius 1 is 1.16 bits per heavy atom. The fourth-order valence-corrected chi connectivity index (χ4v) is 4.70. The third-order valence-corrected chi connectivity index (χ3v) is 6.72. The Balaban J connectivity index is 1.85. The van der Waals surface area contributed by atoms with Gasteiger partial charge in [0.15, 0.2) is 0 Å². The molecule has 2 heterocycles. The van der Waals surface area contributed by atoms with E-state index in [1.807, 2.05) is 0 Å². The molecule has 2 aromatic carbocycles. The Morgan fingerprint density at radius 2 is 1.89 bits per heavy atom. The summed E-state index contributed by atoms with van der Waals surface area (Å²) in [7, 11) is 1.54. The lowest BCUT2D eigenvalue weighted by molar-refractivity contribution is -0.384. The van der Waals surface area contributed by atoms with Crippen LogP contribution in [0.4, 0.5) is 11.4 Å². The van der Waals surface area contributed by atoms with Crippen molar-refractivity contribution in [3.8, 4) is 16.9 Å². The molecule has 3 aromatic rings. The summed E-state index contributed by atoms with van der Waals surface area (Å²) in [6.45, 7) is 8.69. The van der Waals surface area contributed by atoms with E-state index in [0.29, 0.717) is 58.2 Å². The predicted molar refractivity (Wildman–Crippen MR) is 147 cm³/mol. The van der Waals surface area contributed by atoms with Gasteiger partial charge >= 0.3 is 0 Å². The van der Waals surface area contributed by atoms with Gasteiger partial charge in [-0.05, 0) is 50.4 Å². The zero-order valence-electron chi connectivity index (χ0n) is 21.9. The molecule has 198 valence electrons. The van der Waals surface area contributed by atoms with Crippen LogP contribution < -0.4 is 15.4 Å². The Hall–Kier alpha value is -4.44. The first-order valence-electron chi connectivity index (χ1n) is 12.5. The molecular weight excluding hydrogens is 486 g/mol. The first kappa shape index (κ1) is 26.6. The number of amides is 2. The van der Waals surface area contributed by atoms with Crippen LogP contribution in [0.1, 0.15) is 41.2 Å². The lowest BCUT2D eigenvalue weighted by Gasteiger charge is -2.18. The van der Waals surface area contributed by atoms with Crippen molar-refractivity contribution >= 4 is 34.8 Å². The summed E-state index contributed by atoms with van der Waals surface area (Å²) in [4.78, 5) is 43.2. The molecule has 0 bridgehead atoms. The minimum Gasteiger partial charge on any atom is -0.497 e. The van der Waals surface area contributed by atoms with E-state index in [2.05, 4.69) is 34.4 Å². The van der Waals surface area contributed by atoms with Gasteiger partial charge in [-0.3, -0.25) is 19.7 Å². The Labute approximate surface area is 220 Å². The van der Waals surface area contributed by atoms with Gasteiger partial charge in [-0.2, -0.15) is 0 Å². The highest BCUT2D eigenvalue weighted by Crippen LogP contribution is 2.40. The van der Waals surface area contributed by atoms with Crippen LogP contribution in [0.2, 0.25) is 0 Å². The molecule has 0 fully saturated rings. The zero-order chi connectivity index (χ0) is 27.4. The number of aromatic nitrogens is 1. The van der Waals surface area contributed by atoms with E-state index in [4.69, 9.17) is 4.74 Å². The number of nitrogens with one attached hydrogen (secondary N) is 3. The standard InChI is InChI=1S/C28H31N5O5/c1-5-32(6-2)14-13-29-28(35)25-17(3)30-23(26(25)19-9-7-8-10-24(19)33(36)37)16-21-20-15-18(38-4)11-12-22(20)31-27(21)34/h7-12,15-16,30H,5-6,13-14H2,1-4H3,(H,29,35)(H,31,34)/b21-16-. The van der Waals surface area contributed by atoms with Crippen molar-refractivity contribution in [2.75, 3.05) is 38.6 Å². The maximum absolute atomic E-state index is 13.5. The fourth-order valence-electron chi connectivity index (χ4n) is 4.70. The van der Waals surface area contributed by atoms with Gasteiger partial charge in [0, 0.05) is 47.4 Å². The summed E-state index contributed by atoms with van der Waals surface area (Å²) in [5.74, 6) is -0.0816. The number of fused-ring (bicyclic) bond motifs is 1. The lowest BCUT2D eigenvalue weighted by atomic mass is 9.96. The third kappa shape index (κ3) is 5.16. The minimum absolute atomic E-state index is 0.138. The summed E-state index contributed by atoms with van der Waals surface area (Å²) in [5.41, 5.74) is 3.40. The van der Waals surface area contributed by atoms with Crippen LogP contribution in [-0.2, 0) is 4.79 Å². The molecule has 1 aliphatic heterocycles. The fraction of sp³-hybridized carbons (Fsp3) is 0.286. The quantitative estimate of drug-likeness (QED) is 0.207. The first-order valence-corrected chi connectivity index (χ1v) is 12.5. The second-order valence-electron chi connectivity index (χ2n) is 8.89. The number of methoxy groups -OCH3 is 1. The van der Waals surface area contributed by atoms with Crippen molar-refractivity contribution in [2.45, 2.75) is 20.8 Å². The van der Waals surface area contributed by atoms with E-state index in [0.717, 1.165) is 13.1 Å². The molecule has 4 rings (SSSR count). The van der Waals surface area contributed by atoms with E-state index in [9.17, 15) is 19.7 Å². The largest absolute Gasteiger partial charge is 0.497 e. The van der Waals surface area contributed by atoms with Crippen molar-refractivity contribution in [3.63, 3.8) is 0 Å². The number of hydrogen-bond donors (Lipinski definition) is 3. The number of carbonyl (C=O) groups is 2. The molecular formula is C28H31N5O5. The highest BCUT2D eigenvalue weighted by atomic mass is 16.6. The molecule has 1 aromatic heterocycles. The normalized spacial score (nSPS) is 13.5. The van der Waals surface area contributed by atoms with E-state index >= 15 is 0 Å². The molecule has 1 aliphatic rings. The van der Waals surface area contributed by atoms with Gasteiger partial charge in [-0.1, -0.05) is 26.0 Å². The van der Waals surface area contributed by atoms with Crippen molar-refractivity contribution in [3.05, 3.63) is 75.1 Å². The van der Waals surface area contributed by atoms with Crippen LogP contribution in [0, 0.1) is 17.0 Å². The molecule has 0 atom stereocenters. The van der Waals surface area contributed by atoms with Gasteiger partial charge in [-0.15, -0.1) is 0 Å². The predicted octanol–water partition coefficient (Wildman–Crippen LogP) is 4.47. The van der Waals surface area contributed by atoms with Gasteiger partial charge in [0.25, 0.3) is 17.5 Å². The highest BCUT2D eigenvalue weighted by Gasteiger charge is 2.29. The molecule has 38 heavy (non-hydrogen) atoms. The highest BCUT2D eigenvalue weighted by molar-refractivity contribution is 6.35. The van der Waals surface area contributed by atoms with Crippen LogP contribution >= 0.6 is 0 Å². The maximum atomic E-state index is 13.5. The molecule has 0 saturated carbocycles. The number of likely N-dealkylation sites (N-methyl/N-ethyl adjacent to an activating group) is 1. The first-order chi connectivity index (χ1) is 18.3. The number of nitro benzene ring substituents is 1. The molecule has 10 nitrogen and oxygen atoms in total. The van der Waals surface area contributed by atoms with Crippen LogP contribution in [0.25, 0.3) is 22.8 Å². The number of H-pyrrole nitrogens is 1. The number of nitro groups is 1. The third-order valence-electron chi connectivity index (χ3n) is 6.72. The number of hydrogen-bond acceptors (Lipinski definition) is 6. The molecule has 0 spiro atoms. The second-order valence-corrected chi connectivity index (χ2v) is 8.89. The van der Waals surface area contributed by atoms with Gasteiger partial charge < -0.3 is 25.3 Å². The van der Waals surface area contributed by atoms with Crippen molar-refractivity contribution in [2.24, 2.45) is 0 Å². The van der Waals surface area contributed by atoms with E-state index in [1.165, 1.54) is 6.07 Å². The van der Waals surface area contributed by atoms with E-state index in [1.54, 1.807) is 56.5 Å². The summed E-state index contributed by atoms with van der Waals surface area (Å²) in [5, 5.41) is 17.7. The number of benzene rings is 2. The maximum Gasteiger partial charge on any atom is 0.277 e. The van der Waals surface area contributed by atoms with E-state index in [-0.39, 0.29) is 23.1 Å². The molecule has 0 aliphatic carbocycles. The number of nitrogens with zero attached hydrogens (tertiary/aromatic N) is 2. The van der Waals surface area contributed by atoms with Crippen molar-refractivity contribution in [1.82, 2.24) is 15.2 Å². The monoisotopic (exact) mass is 517 g/mol. The number of carbonyl (C=O) groups excluding carboxylic acids is 2. The van der Waals surface area contributed by atoms with Crippen molar-refractivity contribution < 1.29 is 19.2 Å². The van der Waals surface area contributed by atoms with Gasteiger partial charge in [0.2, 0.25) is 0 Å². The van der Waals surface area contributed by atoms with Crippen LogP contribution in [0.5, 0.6) is 5.75 Å². The number of rotatable bonds is 10. The SMILES string of the molecule is CCN(CC)CCNC(=O)c1c(C)[nH]c(/C=C2\C(=O)Nc3ccc(OC)cc32)c1-c1ccccc1[N+](=O)[O-]. The summed E-state index contributed by atoms with van der Waals surface area (Å²) in [6.07, 6.45) is 1.63. The topological polar surface area (TPSA) is 130 Å². The molecule has 3 N–H and O–H groups in total. The Morgan fingerprint density at radius 3 is 2.58 bits per heavy atom. The summed E-state index contributed by atoms with van der Waals surface area (Å²) in [6, 6.07) is 11.5. The van der Waals surface area contributed by atoms with Crippen LogP contribution in [0.3, 0.4) is 0 Å². The lowest BCUT2D eigenvalue weighted by Crippen LogP contribution is -2.35.